The largest absolute Gasteiger partial charge is 0.326 e. The van der Waals surface area contributed by atoms with E-state index in [4.69, 9.17) is 0 Å². The van der Waals surface area contributed by atoms with E-state index in [1.165, 1.54) is 63.9 Å². The summed E-state index contributed by atoms with van der Waals surface area (Å²) in [5.41, 5.74) is 3.16. The lowest BCUT2D eigenvalue weighted by atomic mass is 10.0. The van der Waals surface area contributed by atoms with Crippen molar-refractivity contribution in [1.29, 1.82) is 0 Å². The summed E-state index contributed by atoms with van der Waals surface area (Å²) in [4.78, 5) is 23.3. The first-order chi connectivity index (χ1) is 15.1. The number of hydrogen-bond donors (Lipinski definition) is 1. The van der Waals surface area contributed by atoms with Crippen LogP contribution in [0.2, 0.25) is 0 Å². The summed E-state index contributed by atoms with van der Waals surface area (Å²) in [6, 6.07) is 16.0. The third kappa shape index (κ3) is 10.2. The molecule has 0 aliphatic carbocycles. The van der Waals surface area contributed by atoms with Crippen LogP contribution in [0.3, 0.4) is 0 Å². The molecule has 0 saturated carbocycles. The van der Waals surface area contributed by atoms with E-state index in [0.29, 0.717) is 12.2 Å². The number of amides is 1. The summed E-state index contributed by atoms with van der Waals surface area (Å²) in [6.45, 7) is 3.80. The average molecular weight is 440 g/mol. The number of benzene rings is 2. The summed E-state index contributed by atoms with van der Waals surface area (Å²) in [5.74, 6) is 1.22. The Balaban J connectivity index is 0.000000258. The second-order valence-corrected chi connectivity index (χ2v) is 9.26. The number of anilines is 1. The molecule has 1 heterocycles. The number of carbonyl (C=O) groups is 2. The molecule has 0 bridgehead atoms. The number of carbonyl (C=O) groups excluding carboxylic acids is 2. The summed E-state index contributed by atoms with van der Waals surface area (Å²) >= 11 is 1.77. The first-order valence-electron chi connectivity index (χ1n) is 11.7. The molecule has 1 N–H and O–H groups in total. The molecule has 3 rings (SSSR count). The van der Waals surface area contributed by atoms with Crippen LogP contribution in [-0.2, 0) is 11.2 Å². The lowest BCUT2D eigenvalue weighted by molar-refractivity contribution is -0.114. The molecule has 0 spiro atoms. The van der Waals surface area contributed by atoms with Gasteiger partial charge in [0.05, 0.1) is 0 Å². The number of unbranched alkanes of at least 4 members (excludes halogenated alkanes) is 7. The smallest absolute Gasteiger partial charge is 0.221 e. The lowest BCUT2D eigenvalue weighted by Crippen LogP contribution is -2.07. The van der Waals surface area contributed by atoms with E-state index < -0.39 is 0 Å². The van der Waals surface area contributed by atoms with E-state index in [2.05, 4.69) is 24.4 Å². The van der Waals surface area contributed by atoms with Crippen molar-refractivity contribution in [3.8, 4) is 0 Å². The summed E-state index contributed by atoms with van der Waals surface area (Å²) in [6.07, 6.45) is 12.7. The topological polar surface area (TPSA) is 46.2 Å². The first kappa shape index (κ1) is 25.2. The molecule has 168 valence electrons. The van der Waals surface area contributed by atoms with Gasteiger partial charge < -0.3 is 5.32 Å². The van der Waals surface area contributed by atoms with Gasteiger partial charge in [-0.05, 0) is 36.6 Å². The van der Waals surface area contributed by atoms with Crippen LogP contribution in [0.4, 0.5) is 5.69 Å². The van der Waals surface area contributed by atoms with Crippen LogP contribution >= 0.6 is 11.8 Å². The maximum atomic E-state index is 11.3. The maximum absolute atomic E-state index is 11.3. The first-order valence-corrected chi connectivity index (χ1v) is 12.7. The monoisotopic (exact) mass is 439 g/mol. The van der Waals surface area contributed by atoms with Crippen molar-refractivity contribution in [1.82, 2.24) is 0 Å². The van der Waals surface area contributed by atoms with Gasteiger partial charge in [0.2, 0.25) is 5.91 Å². The van der Waals surface area contributed by atoms with E-state index in [9.17, 15) is 9.59 Å². The van der Waals surface area contributed by atoms with Crippen LogP contribution in [0.5, 0.6) is 0 Å². The van der Waals surface area contributed by atoms with Gasteiger partial charge in [0.15, 0.2) is 5.78 Å². The van der Waals surface area contributed by atoms with Crippen molar-refractivity contribution in [2.75, 3.05) is 11.1 Å². The van der Waals surface area contributed by atoms with Crippen molar-refractivity contribution in [2.24, 2.45) is 0 Å². The molecule has 31 heavy (non-hydrogen) atoms. The van der Waals surface area contributed by atoms with Gasteiger partial charge in [0.1, 0.15) is 0 Å². The average Bonchev–Trinajstić information content (AvgIpc) is 2.77. The highest BCUT2D eigenvalue weighted by Gasteiger charge is 2.15. The van der Waals surface area contributed by atoms with Crippen molar-refractivity contribution in [3.63, 3.8) is 0 Å². The lowest BCUT2D eigenvalue weighted by Gasteiger charge is -2.12. The van der Waals surface area contributed by atoms with Gasteiger partial charge in [0, 0.05) is 35.2 Å². The number of ketones is 1. The minimum absolute atomic E-state index is 0.0131. The standard InChI is InChI=1S/C18H29NO.C9H8OS/c1-3-4-5-6-7-8-9-10-11-17-12-14-18(15-13-17)19-16(2)20;10-8-5-6-11-9-4-2-1-3-7(8)9/h12-15H,3-11H2,1-2H3,(H,19,20);1-4H,5-6H2. The molecule has 1 aliphatic rings. The van der Waals surface area contributed by atoms with E-state index in [0.717, 1.165) is 28.3 Å². The molecular formula is C27H37NO2S. The fourth-order valence-electron chi connectivity index (χ4n) is 3.63. The van der Waals surface area contributed by atoms with E-state index in [1.807, 2.05) is 36.4 Å². The summed E-state index contributed by atoms with van der Waals surface area (Å²) < 4.78 is 0. The number of rotatable bonds is 10. The molecule has 0 fully saturated rings. The van der Waals surface area contributed by atoms with Crippen LogP contribution in [0.25, 0.3) is 0 Å². The minimum Gasteiger partial charge on any atom is -0.326 e. The highest BCUT2D eigenvalue weighted by molar-refractivity contribution is 7.99. The van der Waals surface area contributed by atoms with E-state index in [-0.39, 0.29) is 5.91 Å². The van der Waals surface area contributed by atoms with E-state index >= 15 is 0 Å². The summed E-state index contributed by atoms with van der Waals surface area (Å²) in [7, 11) is 0. The fourth-order valence-corrected chi connectivity index (χ4v) is 4.65. The van der Waals surface area contributed by atoms with Gasteiger partial charge in [-0.25, -0.2) is 0 Å². The Morgan fingerprint density at radius 1 is 0.903 bits per heavy atom. The highest BCUT2D eigenvalue weighted by Crippen LogP contribution is 2.29. The van der Waals surface area contributed by atoms with Crippen molar-refractivity contribution in [3.05, 3.63) is 59.7 Å². The Morgan fingerprint density at radius 3 is 2.19 bits per heavy atom. The fraction of sp³-hybridized carbons (Fsp3) is 0.481. The predicted octanol–water partition coefficient (Wildman–Crippen LogP) is 7.69. The Kier molecular flexibility index (Phi) is 12.1. The third-order valence-electron chi connectivity index (χ3n) is 5.37. The zero-order valence-corrected chi connectivity index (χ0v) is 19.9. The molecule has 3 nitrogen and oxygen atoms in total. The molecule has 2 aromatic carbocycles. The van der Waals surface area contributed by atoms with Crippen molar-refractivity contribution in [2.45, 2.75) is 83.0 Å². The molecule has 0 unspecified atom stereocenters. The third-order valence-corrected chi connectivity index (χ3v) is 6.44. The molecule has 0 aromatic heterocycles. The normalized spacial score (nSPS) is 12.5. The minimum atomic E-state index is -0.0131. The van der Waals surface area contributed by atoms with Gasteiger partial charge in [0.25, 0.3) is 0 Å². The number of nitrogens with one attached hydrogen (secondary N) is 1. The van der Waals surface area contributed by atoms with Crippen molar-refractivity contribution >= 4 is 29.1 Å². The zero-order valence-electron chi connectivity index (χ0n) is 19.1. The number of Topliss-reactive ketones (excluding diaryl/α,β-unsaturated/α-hetero) is 1. The molecule has 1 amide bonds. The molecule has 0 saturated heterocycles. The molecule has 4 heteroatoms. The van der Waals surface area contributed by atoms with Crippen LogP contribution < -0.4 is 5.32 Å². The van der Waals surface area contributed by atoms with Crippen LogP contribution in [0.15, 0.2) is 53.4 Å². The number of aryl methyl sites for hydroxylation is 1. The van der Waals surface area contributed by atoms with Crippen molar-refractivity contribution < 1.29 is 9.59 Å². The van der Waals surface area contributed by atoms with Gasteiger partial charge in [-0.2, -0.15) is 0 Å². The Morgan fingerprint density at radius 2 is 1.55 bits per heavy atom. The summed E-state index contributed by atoms with van der Waals surface area (Å²) in [5, 5.41) is 2.79. The highest BCUT2D eigenvalue weighted by atomic mass is 32.2. The maximum Gasteiger partial charge on any atom is 0.221 e. The zero-order chi connectivity index (χ0) is 22.3. The van der Waals surface area contributed by atoms with Crippen LogP contribution in [-0.4, -0.2) is 17.4 Å². The number of thioether (sulfide) groups is 1. The van der Waals surface area contributed by atoms with Gasteiger partial charge >= 0.3 is 0 Å². The van der Waals surface area contributed by atoms with Gasteiger partial charge in [-0.1, -0.05) is 82.2 Å². The van der Waals surface area contributed by atoms with Crippen LogP contribution in [0, 0.1) is 0 Å². The van der Waals surface area contributed by atoms with Crippen LogP contribution in [0.1, 0.15) is 87.6 Å². The predicted molar refractivity (Wildman–Crippen MR) is 133 cm³/mol. The molecule has 0 radical (unpaired) electrons. The quantitative estimate of drug-likeness (QED) is 0.386. The Bertz CT molecular complexity index is 801. The van der Waals surface area contributed by atoms with E-state index in [1.54, 1.807) is 11.8 Å². The SMILES string of the molecule is CCCCCCCCCCc1ccc(NC(C)=O)cc1.O=C1CCSc2ccccc21. The molecule has 1 aliphatic heterocycles. The molecule has 0 atom stereocenters. The van der Waals surface area contributed by atoms with Gasteiger partial charge in [-0.3, -0.25) is 9.59 Å². The Hall–Kier alpha value is -2.07. The number of hydrogen-bond acceptors (Lipinski definition) is 3. The van der Waals surface area contributed by atoms with Gasteiger partial charge in [-0.15, -0.1) is 11.8 Å². The second kappa shape index (κ2) is 14.9. The Labute approximate surface area is 192 Å². The number of fused-ring (bicyclic) bond motifs is 1. The molecule has 2 aromatic rings. The molecular weight excluding hydrogens is 402 g/mol. The second-order valence-electron chi connectivity index (χ2n) is 8.12.